The fourth-order valence-corrected chi connectivity index (χ4v) is 1.74. The van der Waals surface area contributed by atoms with E-state index in [0.29, 0.717) is 18.1 Å². The van der Waals surface area contributed by atoms with Gasteiger partial charge in [0.05, 0.1) is 12.2 Å². The van der Waals surface area contributed by atoms with Crippen LogP contribution in [-0.2, 0) is 4.74 Å². The average molecular weight is 215 g/mol. The van der Waals surface area contributed by atoms with E-state index in [1.165, 1.54) is 0 Å². The molecule has 0 aliphatic heterocycles. The van der Waals surface area contributed by atoms with Crippen molar-refractivity contribution in [3.63, 3.8) is 0 Å². The standard InChI is InChI=1S/C13H29NO/c1-10(2)7-12(5)15-13(6)9-14-8-11(3)4/h10-14H,7-9H2,1-6H3. The van der Waals surface area contributed by atoms with Crippen molar-refractivity contribution < 1.29 is 4.74 Å². The third-order valence-electron chi connectivity index (χ3n) is 2.25. The number of hydrogen-bond donors (Lipinski definition) is 1. The molecule has 0 heterocycles. The van der Waals surface area contributed by atoms with E-state index < -0.39 is 0 Å². The van der Waals surface area contributed by atoms with E-state index >= 15 is 0 Å². The van der Waals surface area contributed by atoms with E-state index in [2.05, 4.69) is 46.9 Å². The molecule has 2 unspecified atom stereocenters. The van der Waals surface area contributed by atoms with Crippen LogP contribution >= 0.6 is 0 Å². The topological polar surface area (TPSA) is 21.3 Å². The Bertz CT molecular complexity index is 145. The lowest BCUT2D eigenvalue weighted by atomic mass is 10.1. The van der Waals surface area contributed by atoms with Crippen molar-refractivity contribution in [2.45, 2.75) is 60.2 Å². The maximum atomic E-state index is 5.88. The molecule has 0 amide bonds. The summed E-state index contributed by atoms with van der Waals surface area (Å²) in [5.41, 5.74) is 0. The summed E-state index contributed by atoms with van der Waals surface area (Å²) in [4.78, 5) is 0. The van der Waals surface area contributed by atoms with Gasteiger partial charge in [-0.1, -0.05) is 27.7 Å². The van der Waals surface area contributed by atoms with Crippen LogP contribution in [0.4, 0.5) is 0 Å². The van der Waals surface area contributed by atoms with Crippen LogP contribution in [0.5, 0.6) is 0 Å². The zero-order chi connectivity index (χ0) is 11.8. The molecule has 15 heavy (non-hydrogen) atoms. The molecule has 0 aliphatic rings. The second kappa shape index (κ2) is 8.12. The molecule has 2 atom stereocenters. The molecule has 0 saturated carbocycles. The molecule has 0 rings (SSSR count). The van der Waals surface area contributed by atoms with E-state index in [4.69, 9.17) is 4.74 Å². The van der Waals surface area contributed by atoms with Gasteiger partial charge >= 0.3 is 0 Å². The van der Waals surface area contributed by atoms with Crippen molar-refractivity contribution in [2.75, 3.05) is 13.1 Å². The summed E-state index contributed by atoms with van der Waals surface area (Å²) in [6.07, 6.45) is 1.84. The van der Waals surface area contributed by atoms with Crippen molar-refractivity contribution in [3.05, 3.63) is 0 Å². The van der Waals surface area contributed by atoms with Crippen LogP contribution in [-0.4, -0.2) is 25.3 Å². The predicted molar refractivity (Wildman–Crippen MR) is 67.2 cm³/mol. The van der Waals surface area contributed by atoms with Crippen LogP contribution < -0.4 is 5.32 Å². The van der Waals surface area contributed by atoms with Crippen molar-refractivity contribution in [1.82, 2.24) is 5.32 Å². The lowest BCUT2D eigenvalue weighted by molar-refractivity contribution is -0.00123. The largest absolute Gasteiger partial charge is 0.374 e. The minimum Gasteiger partial charge on any atom is -0.374 e. The van der Waals surface area contributed by atoms with Gasteiger partial charge in [-0.05, 0) is 38.6 Å². The molecule has 0 radical (unpaired) electrons. The van der Waals surface area contributed by atoms with Crippen LogP contribution in [0.2, 0.25) is 0 Å². The molecule has 2 heteroatoms. The highest BCUT2D eigenvalue weighted by Crippen LogP contribution is 2.09. The number of hydrogen-bond acceptors (Lipinski definition) is 2. The first-order valence-corrected chi connectivity index (χ1v) is 6.28. The molecule has 0 spiro atoms. The van der Waals surface area contributed by atoms with Gasteiger partial charge in [-0.3, -0.25) is 0 Å². The molecule has 1 N–H and O–H groups in total. The second-order valence-electron chi connectivity index (χ2n) is 5.44. The lowest BCUT2D eigenvalue weighted by Gasteiger charge is -2.21. The maximum absolute atomic E-state index is 5.88. The average Bonchev–Trinajstić information content (AvgIpc) is 2.00. The summed E-state index contributed by atoms with van der Waals surface area (Å²) < 4.78 is 5.88. The summed E-state index contributed by atoms with van der Waals surface area (Å²) >= 11 is 0. The quantitative estimate of drug-likeness (QED) is 0.672. The molecule has 0 aromatic heterocycles. The monoisotopic (exact) mass is 215 g/mol. The third-order valence-corrected chi connectivity index (χ3v) is 2.25. The summed E-state index contributed by atoms with van der Waals surface area (Å²) in [7, 11) is 0. The highest BCUT2D eigenvalue weighted by molar-refractivity contribution is 4.61. The first-order chi connectivity index (χ1) is 6.91. The van der Waals surface area contributed by atoms with Crippen LogP contribution in [0.25, 0.3) is 0 Å². The Kier molecular flexibility index (Phi) is 8.07. The van der Waals surface area contributed by atoms with Gasteiger partial charge in [0.1, 0.15) is 0 Å². The van der Waals surface area contributed by atoms with Crippen LogP contribution in [0.3, 0.4) is 0 Å². The molecule has 0 aliphatic carbocycles. The molecule has 0 saturated heterocycles. The summed E-state index contributed by atoms with van der Waals surface area (Å²) in [5, 5.41) is 3.42. The predicted octanol–water partition coefficient (Wildman–Crippen LogP) is 3.07. The van der Waals surface area contributed by atoms with E-state index in [0.717, 1.165) is 25.4 Å². The van der Waals surface area contributed by atoms with Gasteiger partial charge in [0.15, 0.2) is 0 Å². The highest BCUT2D eigenvalue weighted by Gasteiger charge is 2.09. The number of nitrogens with one attached hydrogen (secondary N) is 1. The smallest absolute Gasteiger partial charge is 0.0674 e. The van der Waals surface area contributed by atoms with Crippen LogP contribution in [0, 0.1) is 11.8 Å². The maximum Gasteiger partial charge on any atom is 0.0674 e. The fraction of sp³-hybridized carbons (Fsp3) is 1.00. The van der Waals surface area contributed by atoms with E-state index in [1.54, 1.807) is 0 Å². The molecular weight excluding hydrogens is 186 g/mol. The van der Waals surface area contributed by atoms with Gasteiger partial charge in [-0.15, -0.1) is 0 Å². The van der Waals surface area contributed by atoms with Gasteiger partial charge in [0, 0.05) is 6.54 Å². The molecule has 92 valence electrons. The van der Waals surface area contributed by atoms with Crippen LogP contribution in [0.15, 0.2) is 0 Å². The van der Waals surface area contributed by atoms with Crippen molar-refractivity contribution in [2.24, 2.45) is 11.8 Å². The SMILES string of the molecule is CC(C)CNCC(C)OC(C)CC(C)C. The van der Waals surface area contributed by atoms with Gasteiger partial charge < -0.3 is 10.1 Å². The van der Waals surface area contributed by atoms with Crippen LogP contribution in [0.1, 0.15) is 48.0 Å². The highest BCUT2D eigenvalue weighted by atomic mass is 16.5. The minimum absolute atomic E-state index is 0.317. The Morgan fingerprint density at radius 2 is 1.40 bits per heavy atom. The first kappa shape index (κ1) is 14.9. The van der Waals surface area contributed by atoms with Gasteiger partial charge in [0.2, 0.25) is 0 Å². The molecule has 0 bridgehead atoms. The van der Waals surface area contributed by atoms with Gasteiger partial charge in [0.25, 0.3) is 0 Å². The normalized spacial score (nSPS) is 16.0. The zero-order valence-electron chi connectivity index (χ0n) is 11.3. The van der Waals surface area contributed by atoms with E-state index in [1.807, 2.05) is 0 Å². The van der Waals surface area contributed by atoms with Gasteiger partial charge in [-0.2, -0.15) is 0 Å². The number of rotatable bonds is 8. The molecule has 0 aromatic carbocycles. The fourth-order valence-electron chi connectivity index (χ4n) is 1.74. The van der Waals surface area contributed by atoms with Crippen molar-refractivity contribution in [3.8, 4) is 0 Å². The Balaban J connectivity index is 3.50. The van der Waals surface area contributed by atoms with E-state index in [-0.39, 0.29) is 0 Å². The Morgan fingerprint density at radius 1 is 0.800 bits per heavy atom. The molecular formula is C13H29NO. The zero-order valence-corrected chi connectivity index (χ0v) is 11.3. The minimum atomic E-state index is 0.317. The lowest BCUT2D eigenvalue weighted by Crippen LogP contribution is -2.32. The van der Waals surface area contributed by atoms with Gasteiger partial charge in [-0.25, -0.2) is 0 Å². The Labute approximate surface area is 95.8 Å². The Hall–Kier alpha value is -0.0800. The van der Waals surface area contributed by atoms with Crippen molar-refractivity contribution in [1.29, 1.82) is 0 Å². The molecule has 0 aromatic rings. The third kappa shape index (κ3) is 10.2. The number of ether oxygens (including phenoxy) is 1. The molecule has 0 fully saturated rings. The first-order valence-electron chi connectivity index (χ1n) is 6.28. The summed E-state index contributed by atoms with van der Waals surface area (Å²) in [6, 6.07) is 0. The Morgan fingerprint density at radius 3 is 1.87 bits per heavy atom. The summed E-state index contributed by atoms with van der Waals surface area (Å²) in [5.74, 6) is 1.43. The van der Waals surface area contributed by atoms with E-state index in [9.17, 15) is 0 Å². The molecule has 2 nitrogen and oxygen atoms in total. The second-order valence-corrected chi connectivity index (χ2v) is 5.44. The summed E-state index contributed by atoms with van der Waals surface area (Å²) in [6.45, 7) is 15.3. The van der Waals surface area contributed by atoms with Crippen molar-refractivity contribution >= 4 is 0 Å².